The highest BCUT2D eigenvalue weighted by Gasteiger charge is 2.11. The Hall–Kier alpha value is -3.48. The van der Waals surface area contributed by atoms with Gasteiger partial charge in [-0.25, -0.2) is 9.97 Å². The number of aromatic nitrogens is 5. The molecule has 0 spiro atoms. The second-order valence-corrected chi connectivity index (χ2v) is 5.32. The SMILES string of the molecule is O=C(NCc1ccc(-n2ccnc2)nc1)c1cccc2cn[nH]c12. The van der Waals surface area contributed by atoms with Gasteiger partial charge in [0.2, 0.25) is 0 Å². The molecule has 0 saturated heterocycles. The largest absolute Gasteiger partial charge is 0.348 e. The number of imidazole rings is 1. The first-order valence-electron chi connectivity index (χ1n) is 7.45. The Morgan fingerprint density at radius 1 is 1.21 bits per heavy atom. The van der Waals surface area contributed by atoms with Gasteiger partial charge >= 0.3 is 0 Å². The predicted molar refractivity (Wildman–Crippen MR) is 88.6 cm³/mol. The third kappa shape index (κ3) is 2.63. The van der Waals surface area contributed by atoms with E-state index in [-0.39, 0.29) is 5.91 Å². The summed E-state index contributed by atoms with van der Waals surface area (Å²) in [5, 5.41) is 10.6. The van der Waals surface area contributed by atoms with Gasteiger partial charge in [-0.05, 0) is 17.7 Å². The van der Waals surface area contributed by atoms with Crippen molar-refractivity contribution in [1.29, 1.82) is 0 Å². The van der Waals surface area contributed by atoms with Crippen LogP contribution in [0.2, 0.25) is 0 Å². The van der Waals surface area contributed by atoms with Crippen LogP contribution in [0.1, 0.15) is 15.9 Å². The Morgan fingerprint density at radius 3 is 2.96 bits per heavy atom. The molecule has 0 aliphatic rings. The van der Waals surface area contributed by atoms with Crippen LogP contribution >= 0.6 is 0 Å². The third-order valence-electron chi connectivity index (χ3n) is 3.75. The predicted octanol–water partition coefficient (Wildman–Crippen LogP) is 2.07. The maximum Gasteiger partial charge on any atom is 0.253 e. The fourth-order valence-electron chi connectivity index (χ4n) is 2.50. The number of nitrogens with one attached hydrogen (secondary N) is 2. The van der Waals surface area contributed by atoms with Crippen molar-refractivity contribution in [1.82, 2.24) is 30.0 Å². The van der Waals surface area contributed by atoms with E-state index < -0.39 is 0 Å². The molecule has 4 aromatic rings. The number of aromatic amines is 1. The summed E-state index contributed by atoms with van der Waals surface area (Å²) in [7, 11) is 0. The Labute approximate surface area is 137 Å². The molecule has 24 heavy (non-hydrogen) atoms. The van der Waals surface area contributed by atoms with Gasteiger partial charge in [0.05, 0.1) is 17.3 Å². The van der Waals surface area contributed by atoms with Crippen LogP contribution < -0.4 is 5.32 Å². The van der Waals surface area contributed by atoms with Gasteiger partial charge in [-0.3, -0.25) is 14.5 Å². The normalized spacial score (nSPS) is 10.8. The van der Waals surface area contributed by atoms with Gasteiger partial charge in [0.15, 0.2) is 0 Å². The molecule has 0 fully saturated rings. The number of amides is 1. The number of H-pyrrole nitrogens is 1. The first-order chi connectivity index (χ1) is 11.8. The molecule has 0 radical (unpaired) electrons. The van der Waals surface area contributed by atoms with E-state index in [4.69, 9.17) is 0 Å². The van der Waals surface area contributed by atoms with E-state index >= 15 is 0 Å². The number of nitrogens with zero attached hydrogens (tertiary/aromatic N) is 4. The second kappa shape index (κ2) is 5.96. The van der Waals surface area contributed by atoms with Gasteiger partial charge < -0.3 is 5.32 Å². The highest BCUT2D eigenvalue weighted by Crippen LogP contribution is 2.15. The molecule has 0 aliphatic carbocycles. The molecule has 0 atom stereocenters. The van der Waals surface area contributed by atoms with Gasteiger partial charge in [-0.15, -0.1) is 0 Å². The third-order valence-corrected chi connectivity index (χ3v) is 3.75. The van der Waals surface area contributed by atoms with Crippen LogP contribution in [-0.2, 0) is 6.54 Å². The van der Waals surface area contributed by atoms with Crippen molar-refractivity contribution in [2.45, 2.75) is 6.54 Å². The highest BCUT2D eigenvalue weighted by molar-refractivity contribution is 6.05. The molecule has 7 nitrogen and oxygen atoms in total. The topological polar surface area (TPSA) is 88.5 Å². The summed E-state index contributed by atoms with van der Waals surface area (Å²) in [5.74, 6) is 0.633. The average Bonchev–Trinajstić information content (AvgIpc) is 3.31. The van der Waals surface area contributed by atoms with Crippen LogP contribution in [-0.4, -0.2) is 30.6 Å². The van der Waals surface area contributed by atoms with Gasteiger partial charge in [-0.2, -0.15) is 5.10 Å². The van der Waals surface area contributed by atoms with Gasteiger partial charge in [0.25, 0.3) is 5.91 Å². The van der Waals surface area contributed by atoms with Crippen LogP contribution in [0, 0.1) is 0 Å². The second-order valence-electron chi connectivity index (χ2n) is 5.32. The minimum atomic E-state index is -0.150. The number of rotatable bonds is 4. The standard InChI is InChI=1S/C17H14N6O/c24-17(14-3-1-2-13-10-21-22-16(13)14)20-9-12-4-5-15(19-8-12)23-7-6-18-11-23/h1-8,10-11H,9H2,(H,20,24)(H,21,22). The zero-order chi connectivity index (χ0) is 16.4. The molecule has 7 heteroatoms. The number of hydrogen-bond acceptors (Lipinski definition) is 4. The zero-order valence-corrected chi connectivity index (χ0v) is 12.7. The number of pyridine rings is 1. The number of carbonyl (C=O) groups excluding carboxylic acids is 1. The molecule has 118 valence electrons. The molecule has 0 bridgehead atoms. The van der Waals surface area contributed by atoms with E-state index in [2.05, 4.69) is 25.5 Å². The summed E-state index contributed by atoms with van der Waals surface area (Å²) in [6.45, 7) is 0.403. The lowest BCUT2D eigenvalue weighted by Gasteiger charge is -2.07. The number of para-hydroxylation sites is 1. The summed E-state index contributed by atoms with van der Waals surface area (Å²) in [4.78, 5) is 20.8. The van der Waals surface area contributed by atoms with Crippen molar-refractivity contribution in [2.75, 3.05) is 0 Å². The Balaban J connectivity index is 1.47. The van der Waals surface area contributed by atoms with Crippen molar-refractivity contribution in [3.8, 4) is 5.82 Å². The number of benzene rings is 1. The van der Waals surface area contributed by atoms with E-state index in [1.807, 2.05) is 35.0 Å². The number of carbonyl (C=O) groups is 1. The Morgan fingerprint density at radius 2 is 2.17 bits per heavy atom. The first kappa shape index (κ1) is 14.1. The fraction of sp³-hybridized carbons (Fsp3) is 0.0588. The molecular formula is C17H14N6O. The minimum absolute atomic E-state index is 0.150. The maximum atomic E-state index is 12.4. The quantitative estimate of drug-likeness (QED) is 0.603. The maximum absolute atomic E-state index is 12.4. The molecule has 3 heterocycles. The molecule has 0 saturated carbocycles. The van der Waals surface area contributed by atoms with E-state index in [1.165, 1.54) is 0 Å². The molecule has 0 unspecified atom stereocenters. The molecule has 3 aromatic heterocycles. The summed E-state index contributed by atoms with van der Waals surface area (Å²) >= 11 is 0. The van der Waals surface area contributed by atoms with Crippen LogP contribution in [0.3, 0.4) is 0 Å². The van der Waals surface area contributed by atoms with Crippen molar-refractivity contribution in [2.24, 2.45) is 0 Å². The van der Waals surface area contributed by atoms with Crippen LogP contribution in [0.4, 0.5) is 0 Å². The molecule has 2 N–H and O–H groups in total. The van der Waals surface area contributed by atoms with Gasteiger partial charge in [0, 0.05) is 30.5 Å². The number of hydrogen-bond donors (Lipinski definition) is 2. The molecule has 4 rings (SSSR count). The Bertz CT molecular complexity index is 972. The van der Waals surface area contributed by atoms with E-state index in [9.17, 15) is 4.79 Å². The smallest absolute Gasteiger partial charge is 0.253 e. The zero-order valence-electron chi connectivity index (χ0n) is 12.7. The van der Waals surface area contributed by atoms with Crippen LogP contribution in [0.15, 0.2) is 61.4 Å². The fourth-order valence-corrected chi connectivity index (χ4v) is 2.50. The average molecular weight is 318 g/mol. The summed E-state index contributed by atoms with van der Waals surface area (Å²) in [6, 6.07) is 9.34. The van der Waals surface area contributed by atoms with Crippen molar-refractivity contribution in [3.05, 3.63) is 72.6 Å². The minimum Gasteiger partial charge on any atom is -0.348 e. The van der Waals surface area contributed by atoms with Crippen molar-refractivity contribution >= 4 is 16.8 Å². The lowest BCUT2D eigenvalue weighted by Crippen LogP contribution is -2.23. The van der Waals surface area contributed by atoms with Crippen LogP contribution in [0.25, 0.3) is 16.7 Å². The van der Waals surface area contributed by atoms with Crippen LogP contribution in [0.5, 0.6) is 0 Å². The van der Waals surface area contributed by atoms with Gasteiger partial charge in [-0.1, -0.05) is 18.2 Å². The van der Waals surface area contributed by atoms with Crippen molar-refractivity contribution < 1.29 is 4.79 Å². The highest BCUT2D eigenvalue weighted by atomic mass is 16.1. The summed E-state index contributed by atoms with van der Waals surface area (Å²) in [6.07, 6.45) is 8.66. The lowest BCUT2D eigenvalue weighted by atomic mass is 10.1. The summed E-state index contributed by atoms with van der Waals surface area (Å²) < 4.78 is 1.82. The Kier molecular flexibility index (Phi) is 3.51. The van der Waals surface area contributed by atoms with E-state index in [1.54, 1.807) is 31.0 Å². The molecule has 1 amide bonds. The molecular weight excluding hydrogens is 304 g/mol. The van der Waals surface area contributed by atoms with Gasteiger partial charge in [0.1, 0.15) is 12.1 Å². The number of fused-ring (bicyclic) bond motifs is 1. The summed E-state index contributed by atoms with van der Waals surface area (Å²) in [5.41, 5.74) is 2.24. The van der Waals surface area contributed by atoms with E-state index in [0.29, 0.717) is 12.1 Å². The first-order valence-corrected chi connectivity index (χ1v) is 7.45. The monoisotopic (exact) mass is 318 g/mol. The molecule has 1 aromatic carbocycles. The molecule has 0 aliphatic heterocycles. The van der Waals surface area contributed by atoms with Crippen molar-refractivity contribution in [3.63, 3.8) is 0 Å². The van der Waals surface area contributed by atoms with E-state index in [0.717, 1.165) is 22.3 Å². The lowest BCUT2D eigenvalue weighted by molar-refractivity contribution is 0.0952.